The normalized spacial score (nSPS) is 14.5. The minimum absolute atomic E-state index is 0.0871. The van der Waals surface area contributed by atoms with E-state index in [0.717, 1.165) is 70.6 Å². The second-order valence-corrected chi connectivity index (χ2v) is 15.3. The smallest absolute Gasteiger partial charge is 0.472 e. The molecule has 3 atom stereocenters. The van der Waals surface area contributed by atoms with E-state index in [9.17, 15) is 34.1 Å². The number of phosphoric acid groups is 1. The molecule has 0 spiro atoms. The van der Waals surface area contributed by atoms with Crippen molar-refractivity contribution in [1.29, 1.82) is 0 Å². The molecule has 0 aromatic heterocycles. The number of aliphatic hydroxyl groups is 1. The maximum absolute atomic E-state index is 12.3. The van der Waals surface area contributed by atoms with Crippen LogP contribution in [0, 0.1) is 0 Å². The third-order valence-electron chi connectivity index (χ3n) is 8.51. The summed E-state index contributed by atoms with van der Waals surface area (Å²) in [7, 11) is -4.77. The van der Waals surface area contributed by atoms with Crippen molar-refractivity contribution in [2.75, 3.05) is 19.8 Å². The van der Waals surface area contributed by atoms with Gasteiger partial charge in [-0.3, -0.25) is 18.6 Å². The molecule has 3 unspecified atom stereocenters. The molecule has 0 saturated heterocycles. The molecule has 0 aromatic rings. The van der Waals surface area contributed by atoms with E-state index in [4.69, 9.17) is 13.8 Å². The third-order valence-corrected chi connectivity index (χ3v) is 9.46. The van der Waals surface area contributed by atoms with Gasteiger partial charge in [-0.05, 0) is 64.2 Å². The van der Waals surface area contributed by atoms with Gasteiger partial charge in [0, 0.05) is 12.8 Å². The standard InChI is InChI=1S/C44H74NO10P/c1-3-5-7-9-11-13-15-16-17-18-19-20-21-22-23-24-26-27-29-31-33-35-42(47)45-41(44(49)50)39-55-56(51,52)54-38-40(46)37-53-43(48)36-34-32-30-28-25-14-12-10-8-6-4-2/h5,7,11,13,16-17,19-20,22-23,26-27,40-41,46H,3-4,6,8-10,12,14-15,18,21,24-25,28-39H2,1-2H3,(H,45,47)(H,49,50)(H,51,52)/b7-5-,13-11-,17-16-,20-19-,23-22-,27-26-. The molecule has 0 saturated carbocycles. The number of carboxylic acid groups (broad SMARTS) is 1. The molecule has 0 bridgehead atoms. The Morgan fingerprint density at radius 2 is 1.04 bits per heavy atom. The largest absolute Gasteiger partial charge is 0.480 e. The molecule has 320 valence electrons. The monoisotopic (exact) mass is 808 g/mol. The number of esters is 1. The number of rotatable bonds is 38. The predicted molar refractivity (Wildman–Crippen MR) is 226 cm³/mol. The van der Waals surface area contributed by atoms with E-state index >= 15 is 0 Å². The summed E-state index contributed by atoms with van der Waals surface area (Å²) in [6.45, 7) is 2.42. The zero-order valence-electron chi connectivity index (χ0n) is 34.4. The van der Waals surface area contributed by atoms with Crippen LogP contribution in [0.4, 0.5) is 0 Å². The highest BCUT2D eigenvalue weighted by molar-refractivity contribution is 7.47. The van der Waals surface area contributed by atoms with E-state index in [2.05, 4.69) is 86.0 Å². The molecule has 0 aliphatic heterocycles. The number of hydrogen-bond donors (Lipinski definition) is 4. The number of allylic oxidation sites excluding steroid dienone is 12. The summed E-state index contributed by atoms with van der Waals surface area (Å²) in [5.74, 6) is -2.44. The Morgan fingerprint density at radius 1 is 0.589 bits per heavy atom. The molecule has 0 aromatic carbocycles. The highest BCUT2D eigenvalue weighted by Crippen LogP contribution is 2.43. The number of unbranched alkanes of at least 4 members (excludes halogenated alkanes) is 12. The Balaban J connectivity index is 4.03. The van der Waals surface area contributed by atoms with Crippen molar-refractivity contribution in [1.82, 2.24) is 5.32 Å². The molecule has 0 heterocycles. The average Bonchev–Trinajstić information content (AvgIpc) is 3.17. The number of ether oxygens (including phenoxy) is 1. The minimum atomic E-state index is -4.77. The fourth-order valence-electron chi connectivity index (χ4n) is 5.26. The first kappa shape index (κ1) is 52.9. The van der Waals surface area contributed by atoms with Gasteiger partial charge >= 0.3 is 19.8 Å². The molecule has 0 aliphatic rings. The van der Waals surface area contributed by atoms with E-state index in [1.807, 2.05) is 6.08 Å². The fourth-order valence-corrected chi connectivity index (χ4v) is 6.03. The molecule has 0 fully saturated rings. The van der Waals surface area contributed by atoms with Gasteiger partial charge in [0.15, 0.2) is 6.04 Å². The van der Waals surface area contributed by atoms with Gasteiger partial charge in [0.2, 0.25) is 5.91 Å². The highest BCUT2D eigenvalue weighted by Gasteiger charge is 2.28. The molecule has 11 nitrogen and oxygen atoms in total. The van der Waals surface area contributed by atoms with Crippen molar-refractivity contribution in [2.45, 2.75) is 167 Å². The Morgan fingerprint density at radius 3 is 1.54 bits per heavy atom. The first-order valence-electron chi connectivity index (χ1n) is 21.0. The lowest BCUT2D eigenvalue weighted by Gasteiger charge is -2.18. The first-order valence-corrected chi connectivity index (χ1v) is 22.5. The maximum Gasteiger partial charge on any atom is 0.472 e. The van der Waals surface area contributed by atoms with E-state index in [-0.39, 0.29) is 12.8 Å². The van der Waals surface area contributed by atoms with Crippen LogP contribution >= 0.6 is 7.82 Å². The van der Waals surface area contributed by atoms with Crippen molar-refractivity contribution in [3.63, 3.8) is 0 Å². The van der Waals surface area contributed by atoms with Crippen LogP contribution < -0.4 is 5.32 Å². The Kier molecular flexibility index (Phi) is 36.6. The minimum Gasteiger partial charge on any atom is -0.480 e. The van der Waals surface area contributed by atoms with Gasteiger partial charge in [-0.1, -0.05) is 151 Å². The van der Waals surface area contributed by atoms with Crippen LogP contribution in [0.3, 0.4) is 0 Å². The zero-order chi connectivity index (χ0) is 41.4. The van der Waals surface area contributed by atoms with Gasteiger partial charge in [-0.15, -0.1) is 0 Å². The second-order valence-electron chi connectivity index (χ2n) is 13.8. The van der Waals surface area contributed by atoms with E-state index in [0.29, 0.717) is 12.8 Å². The summed E-state index contributed by atoms with van der Waals surface area (Å²) in [5.41, 5.74) is 0. The number of aliphatic carboxylic acids is 1. The lowest BCUT2D eigenvalue weighted by Crippen LogP contribution is -2.43. The fraction of sp³-hybridized carbons (Fsp3) is 0.659. The Hall–Kier alpha value is -3.08. The highest BCUT2D eigenvalue weighted by atomic mass is 31.2. The van der Waals surface area contributed by atoms with E-state index in [1.54, 1.807) is 0 Å². The number of aliphatic hydroxyl groups excluding tert-OH is 1. The number of carbonyl (C=O) groups excluding carboxylic acids is 2. The summed E-state index contributed by atoms with van der Waals surface area (Å²) >= 11 is 0. The average molecular weight is 808 g/mol. The van der Waals surface area contributed by atoms with Crippen LogP contribution in [0.2, 0.25) is 0 Å². The van der Waals surface area contributed by atoms with Gasteiger partial charge in [0.25, 0.3) is 0 Å². The summed E-state index contributed by atoms with van der Waals surface area (Å²) in [4.78, 5) is 45.8. The lowest BCUT2D eigenvalue weighted by atomic mass is 10.1. The Bertz CT molecular complexity index is 1230. The number of phosphoric ester groups is 1. The lowest BCUT2D eigenvalue weighted by molar-refractivity contribution is -0.147. The van der Waals surface area contributed by atoms with Crippen LogP contribution in [0.25, 0.3) is 0 Å². The molecule has 4 N–H and O–H groups in total. The predicted octanol–water partition coefficient (Wildman–Crippen LogP) is 10.6. The van der Waals surface area contributed by atoms with Crippen LogP contribution in [0.1, 0.15) is 155 Å². The first-order chi connectivity index (χ1) is 27.1. The zero-order valence-corrected chi connectivity index (χ0v) is 35.3. The van der Waals surface area contributed by atoms with Crippen LogP contribution in [-0.2, 0) is 32.7 Å². The van der Waals surface area contributed by atoms with Crippen molar-refractivity contribution in [3.8, 4) is 0 Å². The number of hydrogen-bond acceptors (Lipinski definition) is 8. The van der Waals surface area contributed by atoms with Crippen molar-refractivity contribution in [3.05, 3.63) is 72.9 Å². The Labute approximate surface area is 338 Å². The van der Waals surface area contributed by atoms with Gasteiger partial charge in [0.05, 0.1) is 13.2 Å². The van der Waals surface area contributed by atoms with E-state index < -0.39 is 57.6 Å². The maximum atomic E-state index is 12.3. The molecule has 0 aliphatic carbocycles. The SMILES string of the molecule is CC/C=C\C/C=C\C/C=C\C/C=C\C/C=C\C/C=C\CCCCC(=O)NC(COP(=O)(O)OCC(O)COC(=O)CCCCCCCCCCCCC)C(=O)O. The summed E-state index contributed by atoms with van der Waals surface area (Å²) < 4.78 is 26.7. The van der Waals surface area contributed by atoms with Crippen molar-refractivity contribution in [2.24, 2.45) is 0 Å². The van der Waals surface area contributed by atoms with Gasteiger partial charge in [-0.2, -0.15) is 0 Å². The molecule has 1 amide bonds. The quantitative estimate of drug-likeness (QED) is 0.0204. The van der Waals surface area contributed by atoms with Crippen molar-refractivity contribution >= 4 is 25.7 Å². The van der Waals surface area contributed by atoms with Crippen LogP contribution in [0.5, 0.6) is 0 Å². The van der Waals surface area contributed by atoms with Crippen LogP contribution in [-0.4, -0.2) is 64.9 Å². The van der Waals surface area contributed by atoms with Gasteiger partial charge in [-0.25, -0.2) is 9.36 Å². The second kappa shape index (κ2) is 38.8. The van der Waals surface area contributed by atoms with Crippen LogP contribution in [0.15, 0.2) is 72.9 Å². The molecular weight excluding hydrogens is 733 g/mol. The number of nitrogens with one attached hydrogen (secondary N) is 1. The summed E-state index contributed by atoms with van der Waals surface area (Å²) in [6, 6.07) is -1.57. The number of amides is 1. The van der Waals surface area contributed by atoms with E-state index in [1.165, 1.54) is 44.9 Å². The topological polar surface area (TPSA) is 169 Å². The van der Waals surface area contributed by atoms with Crippen molar-refractivity contribution < 1.29 is 47.8 Å². The number of carboxylic acids is 1. The molecule has 56 heavy (non-hydrogen) atoms. The van der Waals surface area contributed by atoms with Gasteiger partial charge in [0.1, 0.15) is 12.7 Å². The van der Waals surface area contributed by atoms with Gasteiger partial charge < -0.3 is 25.2 Å². The third kappa shape index (κ3) is 37.8. The number of carbonyl (C=O) groups is 3. The molecular formula is C44H74NO10P. The molecule has 12 heteroatoms. The molecule has 0 radical (unpaired) electrons. The summed E-state index contributed by atoms with van der Waals surface area (Å²) in [6.07, 6.45) is 45.1. The molecule has 0 rings (SSSR count). The summed E-state index contributed by atoms with van der Waals surface area (Å²) in [5, 5.41) is 21.7.